The number of hydrogen-bond donors (Lipinski definition) is 3. The van der Waals surface area contributed by atoms with Crippen LogP contribution in [0, 0.1) is 11.8 Å². The second kappa shape index (κ2) is 10.3. The van der Waals surface area contributed by atoms with Crippen molar-refractivity contribution in [3.05, 3.63) is 23.8 Å². The van der Waals surface area contributed by atoms with E-state index in [9.17, 15) is 14.7 Å². The van der Waals surface area contributed by atoms with Crippen molar-refractivity contribution >= 4 is 17.5 Å². The van der Waals surface area contributed by atoms with Gasteiger partial charge in [-0.3, -0.25) is 9.59 Å². The summed E-state index contributed by atoms with van der Waals surface area (Å²) < 4.78 is 6.21. The van der Waals surface area contributed by atoms with Gasteiger partial charge in [-0.2, -0.15) is 0 Å². The maximum atomic E-state index is 13.3. The predicted molar refractivity (Wildman–Crippen MR) is 117 cm³/mol. The molecule has 2 amide bonds. The molecular weight excluding hydrogens is 382 g/mol. The minimum atomic E-state index is -0.304. The fourth-order valence-electron chi connectivity index (χ4n) is 4.35. The summed E-state index contributed by atoms with van der Waals surface area (Å²) in [6.07, 6.45) is 5.10. The highest BCUT2D eigenvalue weighted by atomic mass is 16.5. The molecule has 1 saturated carbocycles. The van der Waals surface area contributed by atoms with Gasteiger partial charge in [-0.05, 0) is 45.0 Å². The Hall–Kier alpha value is -2.12. The van der Waals surface area contributed by atoms with Crippen molar-refractivity contribution in [1.29, 1.82) is 0 Å². The topological polar surface area (TPSA) is 90.9 Å². The van der Waals surface area contributed by atoms with Crippen LogP contribution >= 0.6 is 0 Å². The molecule has 3 atom stereocenters. The van der Waals surface area contributed by atoms with Crippen LogP contribution in [-0.4, -0.2) is 60.7 Å². The van der Waals surface area contributed by atoms with Crippen molar-refractivity contribution in [2.24, 2.45) is 11.8 Å². The zero-order chi connectivity index (χ0) is 21.7. The van der Waals surface area contributed by atoms with Crippen LogP contribution in [0.25, 0.3) is 0 Å². The molecule has 0 spiro atoms. The van der Waals surface area contributed by atoms with Crippen molar-refractivity contribution in [2.45, 2.75) is 58.1 Å². The van der Waals surface area contributed by atoms with Gasteiger partial charge in [-0.1, -0.05) is 26.2 Å². The van der Waals surface area contributed by atoms with Crippen LogP contribution in [0.1, 0.15) is 56.3 Å². The average molecular weight is 418 g/mol. The van der Waals surface area contributed by atoms with E-state index in [2.05, 4.69) is 17.6 Å². The van der Waals surface area contributed by atoms with Crippen LogP contribution in [-0.2, 0) is 4.79 Å². The van der Waals surface area contributed by atoms with Gasteiger partial charge in [0.1, 0.15) is 11.9 Å². The van der Waals surface area contributed by atoms with Crippen LogP contribution in [0.5, 0.6) is 5.75 Å². The van der Waals surface area contributed by atoms with Crippen molar-refractivity contribution < 1.29 is 19.4 Å². The van der Waals surface area contributed by atoms with Crippen LogP contribution in [0.2, 0.25) is 0 Å². The average Bonchev–Trinajstić information content (AvgIpc) is 2.76. The smallest absolute Gasteiger partial charge is 0.258 e. The predicted octanol–water partition coefficient (Wildman–Crippen LogP) is 2.64. The summed E-state index contributed by atoms with van der Waals surface area (Å²) in [5.74, 6) is 0.484. The fraction of sp³-hybridized carbons (Fsp3) is 0.652. The number of benzene rings is 1. The van der Waals surface area contributed by atoms with Gasteiger partial charge >= 0.3 is 0 Å². The van der Waals surface area contributed by atoms with Crippen LogP contribution in [0.3, 0.4) is 0 Å². The third-order valence-electron chi connectivity index (χ3n) is 6.31. The van der Waals surface area contributed by atoms with Crippen molar-refractivity contribution in [3.63, 3.8) is 0 Å². The summed E-state index contributed by atoms with van der Waals surface area (Å²) in [4.78, 5) is 27.7. The number of nitrogens with one attached hydrogen (secondary N) is 2. The Morgan fingerprint density at radius 3 is 2.70 bits per heavy atom. The molecule has 1 aromatic carbocycles. The van der Waals surface area contributed by atoms with E-state index in [-0.39, 0.29) is 42.4 Å². The lowest BCUT2D eigenvalue weighted by atomic mass is 9.88. The first-order chi connectivity index (χ1) is 14.4. The summed E-state index contributed by atoms with van der Waals surface area (Å²) in [5.41, 5.74) is 1.03. The number of aliphatic hydroxyl groups is 1. The molecule has 3 rings (SSSR count). The van der Waals surface area contributed by atoms with Crippen LogP contribution in [0.4, 0.5) is 5.69 Å². The van der Waals surface area contributed by atoms with Gasteiger partial charge in [0.25, 0.3) is 5.91 Å². The van der Waals surface area contributed by atoms with Gasteiger partial charge in [0.05, 0.1) is 18.2 Å². The minimum Gasteiger partial charge on any atom is -0.488 e. The lowest BCUT2D eigenvalue weighted by Crippen LogP contribution is -2.49. The largest absolute Gasteiger partial charge is 0.488 e. The van der Waals surface area contributed by atoms with E-state index in [1.807, 2.05) is 14.0 Å². The molecule has 2 aliphatic rings. The number of carbonyl (C=O) groups is 2. The van der Waals surface area contributed by atoms with Crippen LogP contribution < -0.4 is 15.4 Å². The summed E-state index contributed by atoms with van der Waals surface area (Å²) in [5, 5.41) is 15.8. The molecule has 166 valence electrons. The zero-order valence-corrected chi connectivity index (χ0v) is 18.3. The Kier molecular flexibility index (Phi) is 7.72. The van der Waals surface area contributed by atoms with E-state index in [4.69, 9.17) is 4.74 Å². The number of nitrogens with zero attached hydrogens (tertiary/aromatic N) is 1. The second-order valence-electron chi connectivity index (χ2n) is 8.72. The quantitative estimate of drug-likeness (QED) is 0.662. The molecule has 3 N–H and O–H groups in total. The highest BCUT2D eigenvalue weighted by molar-refractivity contribution is 6.00. The molecule has 1 aliphatic carbocycles. The molecule has 1 aliphatic heterocycles. The first-order valence-corrected chi connectivity index (χ1v) is 11.1. The van der Waals surface area contributed by atoms with Gasteiger partial charge in [-0.15, -0.1) is 0 Å². The molecule has 0 saturated heterocycles. The number of aliphatic hydroxyl groups excluding tert-OH is 1. The van der Waals surface area contributed by atoms with Crippen molar-refractivity contribution in [1.82, 2.24) is 10.2 Å². The number of anilines is 1. The lowest BCUT2D eigenvalue weighted by Gasteiger charge is -2.37. The Morgan fingerprint density at radius 1 is 1.30 bits per heavy atom. The number of amides is 2. The molecule has 7 nitrogen and oxygen atoms in total. The summed E-state index contributed by atoms with van der Waals surface area (Å²) in [6.45, 7) is 4.93. The summed E-state index contributed by atoms with van der Waals surface area (Å²) in [6, 6.07) is 4.98. The Balaban J connectivity index is 1.89. The highest BCUT2D eigenvalue weighted by Crippen LogP contribution is 2.31. The minimum absolute atomic E-state index is 0.0242. The number of carbonyl (C=O) groups excluding carboxylic acids is 2. The standard InChI is InChI=1S/C23H35N3O4/c1-15-13-26(16(2)14-27)23(29)19-11-18(9-10-20(19)30-21(15)12-24-3)25-22(28)17-7-5-4-6-8-17/h9-11,15-17,21,24,27H,4-8,12-14H2,1-3H3,(H,25,28)/t15-,16+,21+/m1/s1. The molecule has 0 aromatic heterocycles. The van der Waals surface area contributed by atoms with Crippen LogP contribution in [0.15, 0.2) is 18.2 Å². The van der Waals surface area contributed by atoms with Gasteiger partial charge in [0, 0.05) is 30.6 Å². The third-order valence-corrected chi connectivity index (χ3v) is 6.31. The second-order valence-corrected chi connectivity index (χ2v) is 8.72. The van der Waals surface area contributed by atoms with E-state index in [1.165, 1.54) is 6.42 Å². The van der Waals surface area contributed by atoms with Gasteiger partial charge < -0.3 is 25.4 Å². The molecule has 0 bridgehead atoms. The molecule has 30 heavy (non-hydrogen) atoms. The SMILES string of the molecule is CNC[C@@H]1Oc2ccc(NC(=O)C3CCCCC3)cc2C(=O)N([C@@H](C)CO)C[C@H]1C. The number of likely N-dealkylation sites (N-methyl/N-ethyl adjacent to an activating group) is 1. The Labute approximate surface area is 179 Å². The van der Waals surface area contributed by atoms with Gasteiger partial charge in [0.15, 0.2) is 0 Å². The van der Waals surface area contributed by atoms with Gasteiger partial charge in [0.2, 0.25) is 5.91 Å². The maximum Gasteiger partial charge on any atom is 0.258 e. The molecular formula is C23H35N3O4. The van der Waals surface area contributed by atoms with E-state index >= 15 is 0 Å². The lowest BCUT2D eigenvalue weighted by molar-refractivity contribution is -0.120. The normalized spacial score (nSPS) is 23.7. The van der Waals surface area contributed by atoms with E-state index in [0.717, 1.165) is 25.7 Å². The first kappa shape index (κ1) is 22.6. The first-order valence-electron chi connectivity index (χ1n) is 11.1. The monoisotopic (exact) mass is 417 g/mol. The Bertz CT molecular complexity index is 748. The van der Waals surface area contributed by atoms with Crippen molar-refractivity contribution in [2.75, 3.05) is 32.1 Å². The molecule has 1 heterocycles. The van der Waals surface area contributed by atoms with E-state index in [0.29, 0.717) is 30.1 Å². The molecule has 1 aromatic rings. The van der Waals surface area contributed by atoms with Crippen molar-refractivity contribution in [3.8, 4) is 5.75 Å². The molecule has 0 unspecified atom stereocenters. The van der Waals surface area contributed by atoms with Gasteiger partial charge in [-0.25, -0.2) is 0 Å². The maximum absolute atomic E-state index is 13.3. The number of hydrogen-bond acceptors (Lipinski definition) is 5. The molecule has 7 heteroatoms. The number of fused-ring (bicyclic) bond motifs is 1. The Morgan fingerprint density at radius 2 is 2.03 bits per heavy atom. The molecule has 0 radical (unpaired) electrons. The van der Waals surface area contributed by atoms with E-state index < -0.39 is 0 Å². The van der Waals surface area contributed by atoms with E-state index in [1.54, 1.807) is 23.1 Å². The number of ether oxygens (including phenoxy) is 1. The fourth-order valence-corrected chi connectivity index (χ4v) is 4.35. The number of rotatable bonds is 6. The third kappa shape index (κ3) is 5.13. The molecule has 1 fully saturated rings. The summed E-state index contributed by atoms with van der Waals surface area (Å²) in [7, 11) is 1.87. The zero-order valence-electron chi connectivity index (χ0n) is 18.3. The summed E-state index contributed by atoms with van der Waals surface area (Å²) >= 11 is 0. The highest BCUT2D eigenvalue weighted by Gasteiger charge is 2.33.